The predicted molar refractivity (Wildman–Crippen MR) is 86.1 cm³/mol. The summed E-state index contributed by atoms with van der Waals surface area (Å²) in [6.45, 7) is 9.71. The van der Waals surface area contributed by atoms with Gasteiger partial charge in [0.25, 0.3) is 0 Å². The summed E-state index contributed by atoms with van der Waals surface area (Å²) >= 11 is 0. The van der Waals surface area contributed by atoms with E-state index >= 15 is 0 Å². The van der Waals surface area contributed by atoms with E-state index in [-0.39, 0.29) is 0 Å². The minimum absolute atomic E-state index is 0.491. The Morgan fingerprint density at radius 2 is 1.55 bits per heavy atom. The fourth-order valence-electron chi connectivity index (χ4n) is 4.40. The van der Waals surface area contributed by atoms with E-state index in [4.69, 9.17) is 0 Å². The monoisotopic (exact) mass is 265 g/mol. The highest BCUT2D eigenvalue weighted by Gasteiger charge is 2.59. The van der Waals surface area contributed by atoms with E-state index in [0.29, 0.717) is 5.41 Å². The Labute approximate surface area is 121 Å². The van der Waals surface area contributed by atoms with Crippen LogP contribution in [0.1, 0.15) is 20.8 Å². The van der Waals surface area contributed by atoms with Gasteiger partial charge in [-0.3, -0.25) is 0 Å². The summed E-state index contributed by atoms with van der Waals surface area (Å²) in [5.74, 6) is 2.81. The first-order chi connectivity index (χ1) is 9.54. The van der Waals surface area contributed by atoms with Gasteiger partial charge in [-0.15, -0.1) is 0 Å². The Hall–Kier alpha value is -1.50. The fourth-order valence-corrected chi connectivity index (χ4v) is 4.40. The van der Waals surface area contributed by atoms with Crippen molar-refractivity contribution >= 4 is 16.5 Å². The molecule has 0 bridgehead atoms. The molecule has 1 heterocycles. The van der Waals surface area contributed by atoms with Gasteiger partial charge in [0.1, 0.15) is 0 Å². The van der Waals surface area contributed by atoms with Crippen molar-refractivity contribution in [2.24, 2.45) is 23.2 Å². The van der Waals surface area contributed by atoms with Crippen LogP contribution in [0.5, 0.6) is 0 Å². The van der Waals surface area contributed by atoms with Gasteiger partial charge in [-0.25, -0.2) is 0 Å². The Morgan fingerprint density at radius 1 is 0.900 bits per heavy atom. The van der Waals surface area contributed by atoms with Crippen LogP contribution in [0.25, 0.3) is 10.8 Å². The molecule has 2 aromatic rings. The van der Waals surface area contributed by atoms with Gasteiger partial charge in [-0.05, 0) is 46.1 Å². The van der Waals surface area contributed by atoms with Crippen molar-refractivity contribution in [1.29, 1.82) is 0 Å². The highest BCUT2D eigenvalue weighted by atomic mass is 15.2. The van der Waals surface area contributed by atoms with Crippen LogP contribution >= 0.6 is 0 Å². The first kappa shape index (κ1) is 12.3. The Bertz CT molecular complexity index is 640. The second-order valence-electron chi connectivity index (χ2n) is 7.66. The molecule has 1 saturated carbocycles. The number of benzene rings is 2. The highest BCUT2D eigenvalue weighted by Crippen LogP contribution is 2.60. The second kappa shape index (κ2) is 4.00. The molecule has 1 aliphatic carbocycles. The van der Waals surface area contributed by atoms with E-state index in [9.17, 15) is 0 Å². The lowest BCUT2D eigenvalue weighted by molar-refractivity contribution is 0.309. The van der Waals surface area contributed by atoms with Crippen LogP contribution in [0.15, 0.2) is 42.5 Å². The SMILES string of the molecule is CC(C)(C)C1C2CN(c3ccc4ccccc4c3)CC21. The molecule has 2 fully saturated rings. The third kappa shape index (κ3) is 1.83. The number of nitrogens with zero attached hydrogens (tertiary/aromatic N) is 1. The smallest absolute Gasteiger partial charge is 0.0372 e. The molecule has 1 nitrogen and oxygen atoms in total. The molecule has 0 aromatic heterocycles. The maximum absolute atomic E-state index is 2.59. The summed E-state index contributed by atoms with van der Waals surface area (Å²) in [6, 6.07) is 15.6. The Morgan fingerprint density at radius 3 is 2.20 bits per heavy atom. The number of fused-ring (bicyclic) bond motifs is 2. The number of piperidine rings is 1. The summed E-state index contributed by atoms with van der Waals surface area (Å²) in [6.07, 6.45) is 0. The molecule has 0 radical (unpaired) electrons. The first-order valence-electron chi connectivity index (χ1n) is 7.78. The van der Waals surface area contributed by atoms with Crippen molar-refractivity contribution in [3.05, 3.63) is 42.5 Å². The minimum Gasteiger partial charge on any atom is -0.371 e. The molecule has 1 saturated heterocycles. The van der Waals surface area contributed by atoms with Crippen LogP contribution in [0, 0.1) is 23.2 Å². The fraction of sp³-hybridized carbons (Fsp3) is 0.474. The van der Waals surface area contributed by atoms with Crippen molar-refractivity contribution in [3.63, 3.8) is 0 Å². The summed E-state index contributed by atoms with van der Waals surface area (Å²) in [7, 11) is 0. The molecule has 2 aliphatic rings. The van der Waals surface area contributed by atoms with Gasteiger partial charge in [0, 0.05) is 18.8 Å². The number of anilines is 1. The van der Waals surface area contributed by atoms with Gasteiger partial charge < -0.3 is 4.90 Å². The van der Waals surface area contributed by atoms with Crippen molar-refractivity contribution in [3.8, 4) is 0 Å². The zero-order valence-corrected chi connectivity index (χ0v) is 12.6. The average Bonchev–Trinajstić information content (AvgIpc) is 2.96. The third-order valence-electron chi connectivity index (χ3n) is 5.29. The lowest BCUT2D eigenvalue weighted by Gasteiger charge is -2.27. The maximum Gasteiger partial charge on any atom is 0.0372 e. The zero-order chi connectivity index (χ0) is 13.9. The molecule has 20 heavy (non-hydrogen) atoms. The van der Waals surface area contributed by atoms with Crippen LogP contribution in [0.2, 0.25) is 0 Å². The first-order valence-corrected chi connectivity index (χ1v) is 7.78. The predicted octanol–water partition coefficient (Wildman–Crippen LogP) is 4.57. The van der Waals surface area contributed by atoms with Gasteiger partial charge in [0.2, 0.25) is 0 Å². The number of hydrogen-bond acceptors (Lipinski definition) is 1. The third-order valence-corrected chi connectivity index (χ3v) is 5.29. The van der Waals surface area contributed by atoms with E-state index < -0.39 is 0 Å². The van der Waals surface area contributed by atoms with Crippen molar-refractivity contribution in [2.45, 2.75) is 20.8 Å². The van der Waals surface area contributed by atoms with E-state index in [1.165, 1.54) is 29.5 Å². The Kier molecular flexibility index (Phi) is 2.45. The van der Waals surface area contributed by atoms with Crippen LogP contribution in [0.3, 0.4) is 0 Å². The van der Waals surface area contributed by atoms with Gasteiger partial charge in [0.15, 0.2) is 0 Å². The second-order valence-corrected chi connectivity index (χ2v) is 7.66. The van der Waals surface area contributed by atoms with E-state index in [2.05, 4.69) is 68.1 Å². The Balaban J connectivity index is 1.55. The van der Waals surface area contributed by atoms with Crippen molar-refractivity contribution in [1.82, 2.24) is 0 Å². The molecule has 104 valence electrons. The molecule has 1 aliphatic heterocycles. The minimum atomic E-state index is 0.491. The lowest BCUT2D eigenvalue weighted by atomic mass is 9.87. The quantitative estimate of drug-likeness (QED) is 0.730. The van der Waals surface area contributed by atoms with Crippen molar-refractivity contribution < 1.29 is 0 Å². The van der Waals surface area contributed by atoms with Gasteiger partial charge >= 0.3 is 0 Å². The standard InChI is InChI=1S/C19H23N/c1-19(2,3)18-16-11-20(12-17(16)18)15-9-8-13-6-4-5-7-14(13)10-15/h4-10,16-18H,11-12H2,1-3H3. The molecule has 0 N–H and O–H groups in total. The van der Waals surface area contributed by atoms with Crippen molar-refractivity contribution in [2.75, 3.05) is 18.0 Å². The normalized spacial score (nSPS) is 28.8. The van der Waals surface area contributed by atoms with E-state index in [1.54, 1.807) is 0 Å². The molecule has 1 heteroatoms. The van der Waals surface area contributed by atoms with Crippen LogP contribution in [-0.4, -0.2) is 13.1 Å². The zero-order valence-electron chi connectivity index (χ0n) is 12.6. The summed E-state index contributed by atoms with van der Waals surface area (Å²) in [5.41, 5.74) is 1.90. The van der Waals surface area contributed by atoms with Gasteiger partial charge in [-0.1, -0.05) is 51.1 Å². The molecular formula is C19H23N. The van der Waals surface area contributed by atoms with Gasteiger partial charge in [-0.2, -0.15) is 0 Å². The molecule has 2 aromatic carbocycles. The lowest BCUT2D eigenvalue weighted by Crippen LogP contribution is -2.27. The largest absolute Gasteiger partial charge is 0.371 e. The maximum atomic E-state index is 2.59. The topological polar surface area (TPSA) is 3.24 Å². The van der Waals surface area contributed by atoms with E-state index in [0.717, 1.165) is 17.8 Å². The molecule has 4 rings (SSSR count). The molecule has 0 amide bonds. The molecule has 2 unspecified atom stereocenters. The summed E-state index contributed by atoms with van der Waals surface area (Å²) in [5, 5.41) is 2.70. The van der Waals surface area contributed by atoms with Crippen LogP contribution in [-0.2, 0) is 0 Å². The molecular weight excluding hydrogens is 242 g/mol. The summed E-state index contributed by atoms with van der Waals surface area (Å²) < 4.78 is 0. The molecule has 2 atom stereocenters. The molecule has 0 spiro atoms. The van der Waals surface area contributed by atoms with Crippen LogP contribution in [0.4, 0.5) is 5.69 Å². The number of hydrogen-bond donors (Lipinski definition) is 0. The van der Waals surface area contributed by atoms with E-state index in [1.807, 2.05) is 0 Å². The van der Waals surface area contributed by atoms with Crippen LogP contribution < -0.4 is 4.90 Å². The highest BCUT2D eigenvalue weighted by molar-refractivity contribution is 5.85. The summed E-state index contributed by atoms with van der Waals surface area (Å²) in [4.78, 5) is 2.59. The average molecular weight is 265 g/mol. The number of rotatable bonds is 1. The van der Waals surface area contributed by atoms with Gasteiger partial charge in [0.05, 0.1) is 0 Å².